The Bertz CT molecular complexity index is 537. The second-order valence-electron chi connectivity index (χ2n) is 5.36. The van der Waals surface area contributed by atoms with Crippen LogP contribution < -0.4 is 4.74 Å². The van der Waals surface area contributed by atoms with Crippen molar-refractivity contribution in [3.8, 4) is 5.75 Å². The molecule has 0 saturated carbocycles. The van der Waals surface area contributed by atoms with Crippen LogP contribution in [0.15, 0.2) is 54.6 Å². The van der Waals surface area contributed by atoms with Crippen molar-refractivity contribution in [3.63, 3.8) is 0 Å². The van der Waals surface area contributed by atoms with Crippen molar-refractivity contribution in [2.24, 2.45) is 0 Å². The first-order valence-corrected chi connectivity index (χ1v) is 8.24. The van der Waals surface area contributed by atoms with E-state index in [1.54, 1.807) is 0 Å². The van der Waals surface area contributed by atoms with Crippen molar-refractivity contribution in [2.45, 2.75) is 19.8 Å². The molecular weight excluding hydrogens is 288 g/mol. The van der Waals surface area contributed by atoms with E-state index in [4.69, 9.17) is 14.2 Å². The van der Waals surface area contributed by atoms with Gasteiger partial charge in [-0.15, -0.1) is 0 Å². The monoisotopic (exact) mass is 314 g/mol. The van der Waals surface area contributed by atoms with E-state index >= 15 is 0 Å². The van der Waals surface area contributed by atoms with Crippen molar-refractivity contribution in [1.29, 1.82) is 0 Å². The summed E-state index contributed by atoms with van der Waals surface area (Å²) in [5.41, 5.74) is 2.61. The third-order valence-corrected chi connectivity index (χ3v) is 3.75. The van der Waals surface area contributed by atoms with Crippen molar-refractivity contribution < 1.29 is 14.2 Å². The maximum atomic E-state index is 5.69. The standard InChI is InChI=1S/C20H26O3/c1-3-21-13-14-22-15-16-23-20-11-9-19(10-12-20)17(2)18-7-5-4-6-8-18/h4-12,17H,3,13-16H2,1-2H3. The minimum atomic E-state index is 0.382. The Morgan fingerprint density at radius 2 is 1.35 bits per heavy atom. The van der Waals surface area contributed by atoms with Crippen LogP contribution in [0.4, 0.5) is 0 Å². The quantitative estimate of drug-likeness (QED) is 0.613. The Morgan fingerprint density at radius 3 is 2.04 bits per heavy atom. The second kappa shape index (κ2) is 10.0. The summed E-state index contributed by atoms with van der Waals surface area (Å²) in [5, 5.41) is 0. The highest BCUT2D eigenvalue weighted by molar-refractivity contribution is 5.35. The van der Waals surface area contributed by atoms with Crippen LogP contribution >= 0.6 is 0 Å². The molecule has 2 aromatic carbocycles. The average Bonchev–Trinajstić information content (AvgIpc) is 2.61. The lowest BCUT2D eigenvalue weighted by Crippen LogP contribution is -2.10. The molecule has 0 heterocycles. The number of ether oxygens (including phenoxy) is 3. The lowest BCUT2D eigenvalue weighted by molar-refractivity contribution is 0.0405. The van der Waals surface area contributed by atoms with Crippen molar-refractivity contribution in [1.82, 2.24) is 0 Å². The molecule has 3 heteroatoms. The number of rotatable bonds is 10. The molecule has 0 radical (unpaired) electrons. The van der Waals surface area contributed by atoms with Gasteiger partial charge in [-0.3, -0.25) is 0 Å². The third-order valence-electron chi connectivity index (χ3n) is 3.75. The first kappa shape index (κ1) is 17.5. The molecule has 0 amide bonds. The Kier molecular flexibility index (Phi) is 7.64. The van der Waals surface area contributed by atoms with E-state index in [-0.39, 0.29) is 0 Å². The minimum absolute atomic E-state index is 0.382. The Balaban J connectivity index is 1.74. The molecule has 23 heavy (non-hydrogen) atoms. The van der Waals surface area contributed by atoms with Gasteiger partial charge in [-0.05, 0) is 30.2 Å². The van der Waals surface area contributed by atoms with Crippen molar-refractivity contribution >= 4 is 0 Å². The Hall–Kier alpha value is -1.84. The van der Waals surface area contributed by atoms with Gasteiger partial charge in [-0.1, -0.05) is 49.4 Å². The van der Waals surface area contributed by atoms with E-state index in [0.717, 1.165) is 12.4 Å². The van der Waals surface area contributed by atoms with Crippen molar-refractivity contribution in [2.75, 3.05) is 33.0 Å². The predicted octanol–water partition coefficient (Wildman–Crippen LogP) is 4.27. The second-order valence-corrected chi connectivity index (χ2v) is 5.36. The van der Waals surface area contributed by atoms with E-state index < -0.39 is 0 Å². The molecule has 2 rings (SSSR count). The summed E-state index contributed by atoms with van der Waals surface area (Å²) in [5.74, 6) is 1.26. The molecule has 0 bridgehead atoms. The first-order valence-electron chi connectivity index (χ1n) is 8.24. The summed E-state index contributed by atoms with van der Waals surface area (Å²) in [6, 6.07) is 18.8. The molecule has 0 saturated heterocycles. The van der Waals surface area contributed by atoms with E-state index in [9.17, 15) is 0 Å². The van der Waals surface area contributed by atoms with Gasteiger partial charge in [0.1, 0.15) is 12.4 Å². The van der Waals surface area contributed by atoms with Crippen LogP contribution in [0.5, 0.6) is 5.75 Å². The van der Waals surface area contributed by atoms with Crippen LogP contribution in [0.1, 0.15) is 30.9 Å². The summed E-state index contributed by atoms with van der Waals surface area (Å²) in [4.78, 5) is 0. The Morgan fingerprint density at radius 1 is 0.739 bits per heavy atom. The highest BCUT2D eigenvalue weighted by atomic mass is 16.5. The SMILES string of the molecule is CCOCCOCCOc1ccc(C(C)c2ccccc2)cc1. The summed E-state index contributed by atoms with van der Waals surface area (Å²) in [7, 11) is 0. The van der Waals surface area contributed by atoms with E-state index in [0.29, 0.717) is 32.3 Å². The summed E-state index contributed by atoms with van der Waals surface area (Å²) in [6.07, 6.45) is 0. The minimum Gasteiger partial charge on any atom is -0.491 e. The lowest BCUT2D eigenvalue weighted by Gasteiger charge is -2.13. The topological polar surface area (TPSA) is 27.7 Å². The average molecular weight is 314 g/mol. The summed E-state index contributed by atoms with van der Waals surface area (Å²) < 4.78 is 16.3. The predicted molar refractivity (Wildman–Crippen MR) is 93.2 cm³/mol. The Labute approximate surface area is 139 Å². The van der Waals surface area contributed by atoms with Gasteiger partial charge >= 0.3 is 0 Å². The molecule has 0 aliphatic heterocycles. The normalized spacial score (nSPS) is 12.1. The molecule has 0 aromatic heterocycles. The zero-order valence-corrected chi connectivity index (χ0v) is 14.0. The van der Waals surface area contributed by atoms with Gasteiger partial charge in [-0.25, -0.2) is 0 Å². The summed E-state index contributed by atoms with van der Waals surface area (Å²) in [6.45, 7) is 7.32. The smallest absolute Gasteiger partial charge is 0.119 e. The molecule has 124 valence electrons. The largest absolute Gasteiger partial charge is 0.491 e. The van der Waals surface area contributed by atoms with Gasteiger partial charge < -0.3 is 14.2 Å². The fraction of sp³-hybridized carbons (Fsp3) is 0.400. The maximum absolute atomic E-state index is 5.69. The molecular formula is C20H26O3. The molecule has 0 aliphatic carbocycles. The van der Waals surface area contributed by atoms with Crippen LogP contribution in [0.3, 0.4) is 0 Å². The summed E-state index contributed by atoms with van der Waals surface area (Å²) >= 11 is 0. The maximum Gasteiger partial charge on any atom is 0.119 e. The zero-order valence-electron chi connectivity index (χ0n) is 14.0. The van der Waals surface area contributed by atoms with Gasteiger partial charge in [0.15, 0.2) is 0 Å². The molecule has 1 unspecified atom stereocenters. The highest BCUT2D eigenvalue weighted by Crippen LogP contribution is 2.25. The molecule has 0 N–H and O–H groups in total. The van der Waals surface area contributed by atoms with Gasteiger partial charge in [0, 0.05) is 12.5 Å². The number of hydrogen-bond acceptors (Lipinski definition) is 3. The fourth-order valence-electron chi connectivity index (χ4n) is 2.37. The van der Waals surface area contributed by atoms with Gasteiger partial charge in [-0.2, -0.15) is 0 Å². The van der Waals surface area contributed by atoms with Gasteiger partial charge in [0.25, 0.3) is 0 Å². The molecule has 1 atom stereocenters. The molecule has 0 fully saturated rings. The molecule has 0 spiro atoms. The molecule has 0 aliphatic rings. The molecule has 3 nitrogen and oxygen atoms in total. The first-order chi connectivity index (χ1) is 11.3. The highest BCUT2D eigenvalue weighted by Gasteiger charge is 2.07. The molecule has 2 aromatic rings. The van der Waals surface area contributed by atoms with E-state index in [2.05, 4.69) is 43.3 Å². The zero-order chi connectivity index (χ0) is 16.3. The van der Waals surface area contributed by atoms with Crippen molar-refractivity contribution in [3.05, 3.63) is 65.7 Å². The van der Waals surface area contributed by atoms with Crippen LogP contribution in [-0.2, 0) is 9.47 Å². The third kappa shape index (κ3) is 6.05. The van der Waals surface area contributed by atoms with Crippen LogP contribution in [0.2, 0.25) is 0 Å². The number of benzene rings is 2. The van der Waals surface area contributed by atoms with E-state index in [1.807, 2.05) is 25.1 Å². The van der Waals surface area contributed by atoms with Gasteiger partial charge in [0.2, 0.25) is 0 Å². The van der Waals surface area contributed by atoms with E-state index in [1.165, 1.54) is 11.1 Å². The lowest BCUT2D eigenvalue weighted by atomic mass is 9.93. The fourth-order valence-corrected chi connectivity index (χ4v) is 2.37. The van der Waals surface area contributed by atoms with Crippen LogP contribution in [-0.4, -0.2) is 33.0 Å². The van der Waals surface area contributed by atoms with Crippen LogP contribution in [0.25, 0.3) is 0 Å². The van der Waals surface area contributed by atoms with Gasteiger partial charge in [0.05, 0.1) is 19.8 Å². The van der Waals surface area contributed by atoms with Crippen LogP contribution in [0, 0.1) is 0 Å². The number of hydrogen-bond donors (Lipinski definition) is 0.